The van der Waals surface area contributed by atoms with E-state index in [2.05, 4.69) is 0 Å². The monoisotopic (exact) mass is 582 g/mol. The van der Waals surface area contributed by atoms with Gasteiger partial charge in [-0.2, -0.15) is 13.2 Å². The molecular formula is C31H39F5N2O3. The van der Waals surface area contributed by atoms with Crippen LogP contribution in [0.25, 0.3) is 0 Å². The van der Waals surface area contributed by atoms with E-state index >= 15 is 8.78 Å². The Labute approximate surface area is 238 Å². The first-order chi connectivity index (χ1) is 19.5. The summed E-state index contributed by atoms with van der Waals surface area (Å²) in [5.41, 5.74) is -1.29. The van der Waals surface area contributed by atoms with Gasteiger partial charge in [-0.1, -0.05) is 31.6 Å². The van der Waals surface area contributed by atoms with Crippen molar-refractivity contribution in [2.45, 2.75) is 70.1 Å². The van der Waals surface area contributed by atoms with Crippen molar-refractivity contribution in [3.05, 3.63) is 53.1 Å². The van der Waals surface area contributed by atoms with E-state index in [9.17, 15) is 23.1 Å². The molecule has 0 radical (unpaired) electrons. The molecule has 1 aromatic carbocycles. The van der Waals surface area contributed by atoms with Gasteiger partial charge in [-0.3, -0.25) is 4.79 Å². The van der Waals surface area contributed by atoms with Crippen molar-refractivity contribution < 1.29 is 36.6 Å². The van der Waals surface area contributed by atoms with Crippen LogP contribution in [0.3, 0.4) is 0 Å². The van der Waals surface area contributed by atoms with Gasteiger partial charge in [0.2, 0.25) is 0 Å². The minimum absolute atomic E-state index is 0.0458. The number of benzene rings is 1. The van der Waals surface area contributed by atoms with Crippen LogP contribution in [0, 0.1) is 23.1 Å². The van der Waals surface area contributed by atoms with Crippen LogP contribution in [0.5, 0.6) is 5.75 Å². The predicted molar refractivity (Wildman–Crippen MR) is 144 cm³/mol. The summed E-state index contributed by atoms with van der Waals surface area (Å²) in [6.45, 7) is 3.86. The quantitative estimate of drug-likeness (QED) is 0.392. The molecule has 3 atom stereocenters. The van der Waals surface area contributed by atoms with Gasteiger partial charge in [0.05, 0.1) is 23.7 Å². The van der Waals surface area contributed by atoms with Crippen molar-refractivity contribution in [2.24, 2.45) is 17.3 Å². The molecule has 226 valence electrons. The Balaban J connectivity index is 1.13. The van der Waals surface area contributed by atoms with Gasteiger partial charge < -0.3 is 19.6 Å². The first kappa shape index (κ1) is 30.0. The molecule has 5 rings (SSSR count). The van der Waals surface area contributed by atoms with Gasteiger partial charge in [-0.25, -0.2) is 8.78 Å². The number of aliphatic hydroxyl groups excluding tert-OH is 1. The summed E-state index contributed by atoms with van der Waals surface area (Å²) < 4.78 is 76.9. The normalized spacial score (nSPS) is 27.6. The molecule has 4 aliphatic rings. The van der Waals surface area contributed by atoms with Gasteiger partial charge in [-0.05, 0) is 69.2 Å². The largest absolute Gasteiger partial charge is 0.493 e. The highest BCUT2D eigenvalue weighted by molar-refractivity contribution is 5.97. The molecule has 1 aromatic rings. The van der Waals surface area contributed by atoms with Crippen LogP contribution in [0.2, 0.25) is 0 Å². The third-order valence-electron chi connectivity index (χ3n) is 9.54. The number of hydrogen-bond acceptors (Lipinski definition) is 4. The van der Waals surface area contributed by atoms with E-state index in [1.54, 1.807) is 25.1 Å². The van der Waals surface area contributed by atoms with Crippen molar-refractivity contribution in [1.82, 2.24) is 9.80 Å². The molecule has 0 aromatic heterocycles. The summed E-state index contributed by atoms with van der Waals surface area (Å²) in [6, 6.07) is 4.51. The molecule has 3 fully saturated rings. The molecule has 1 saturated carbocycles. The molecule has 0 bridgehead atoms. The maximum absolute atomic E-state index is 15.3. The third-order valence-corrected chi connectivity index (χ3v) is 9.54. The number of piperidine rings is 2. The average molecular weight is 583 g/mol. The molecule has 0 spiro atoms. The van der Waals surface area contributed by atoms with Gasteiger partial charge in [0, 0.05) is 37.5 Å². The molecule has 5 nitrogen and oxygen atoms in total. The van der Waals surface area contributed by atoms with E-state index in [4.69, 9.17) is 4.74 Å². The molecule has 41 heavy (non-hydrogen) atoms. The fourth-order valence-electron chi connectivity index (χ4n) is 6.66. The fourth-order valence-corrected chi connectivity index (χ4v) is 6.66. The van der Waals surface area contributed by atoms with Crippen molar-refractivity contribution in [2.75, 3.05) is 39.3 Å². The highest BCUT2D eigenvalue weighted by atomic mass is 19.4. The average Bonchev–Trinajstić information content (AvgIpc) is 2.91. The predicted octanol–water partition coefficient (Wildman–Crippen LogP) is 6.15. The number of aliphatic hydroxyl groups is 1. The summed E-state index contributed by atoms with van der Waals surface area (Å²) in [6.07, 6.45) is 2.07. The fraction of sp³-hybridized carbons (Fsp3) is 0.645. The third kappa shape index (κ3) is 6.33. The van der Waals surface area contributed by atoms with E-state index in [0.29, 0.717) is 56.8 Å². The number of allylic oxidation sites excluding steroid dienone is 2. The number of rotatable bonds is 7. The summed E-state index contributed by atoms with van der Waals surface area (Å²) in [5.74, 6) is -2.38. The maximum atomic E-state index is 15.3. The zero-order chi connectivity index (χ0) is 29.4. The Kier molecular flexibility index (Phi) is 8.81. The zero-order valence-electron chi connectivity index (χ0n) is 23.4. The van der Waals surface area contributed by atoms with Crippen molar-refractivity contribution in [1.29, 1.82) is 0 Å². The summed E-state index contributed by atoms with van der Waals surface area (Å²) in [5, 5.41) is 9.87. The second-order valence-corrected chi connectivity index (χ2v) is 12.3. The SMILES string of the molecule is CC1C(F)=C(C(=O)N2CCC[C@@H](O)C2)C=CC1c1ccc(OCC2CCN(CC3(C(F)(F)F)CCC3)CC2)cc1F. The van der Waals surface area contributed by atoms with E-state index in [1.807, 2.05) is 4.90 Å². The maximum Gasteiger partial charge on any atom is 0.395 e. The van der Waals surface area contributed by atoms with E-state index < -0.39 is 47.1 Å². The van der Waals surface area contributed by atoms with Crippen LogP contribution in [0.4, 0.5) is 22.0 Å². The van der Waals surface area contributed by atoms with E-state index in [0.717, 1.165) is 12.8 Å². The number of carbonyl (C=O) groups is 1. The van der Waals surface area contributed by atoms with Crippen molar-refractivity contribution >= 4 is 5.91 Å². The molecule has 2 unspecified atom stereocenters. The van der Waals surface area contributed by atoms with Gasteiger partial charge >= 0.3 is 6.18 Å². The lowest BCUT2D eigenvalue weighted by Gasteiger charge is -2.47. The van der Waals surface area contributed by atoms with Gasteiger partial charge in [0.15, 0.2) is 0 Å². The zero-order valence-corrected chi connectivity index (χ0v) is 23.4. The van der Waals surface area contributed by atoms with E-state index in [1.165, 1.54) is 17.0 Å². The second kappa shape index (κ2) is 12.0. The lowest BCUT2D eigenvalue weighted by Crippen LogP contribution is -2.53. The number of amides is 1. The van der Waals surface area contributed by atoms with Crippen LogP contribution in [-0.4, -0.2) is 72.4 Å². The lowest BCUT2D eigenvalue weighted by molar-refractivity contribution is -0.256. The number of nitrogens with zero attached hydrogens (tertiary/aromatic N) is 2. The van der Waals surface area contributed by atoms with Gasteiger partial charge in [0.1, 0.15) is 17.4 Å². The molecule has 2 aliphatic carbocycles. The molecule has 2 saturated heterocycles. The van der Waals surface area contributed by atoms with E-state index in [-0.39, 0.29) is 37.4 Å². The molecule has 2 aliphatic heterocycles. The second-order valence-electron chi connectivity index (χ2n) is 12.3. The molecular weight excluding hydrogens is 543 g/mol. The first-order valence-electron chi connectivity index (χ1n) is 14.7. The topological polar surface area (TPSA) is 53.0 Å². The smallest absolute Gasteiger partial charge is 0.395 e. The Morgan fingerprint density at radius 1 is 1.10 bits per heavy atom. The van der Waals surface area contributed by atoms with Crippen molar-refractivity contribution in [3.8, 4) is 5.75 Å². The number of alkyl halides is 3. The molecule has 1 N–H and O–H groups in total. The first-order valence-corrected chi connectivity index (χ1v) is 14.7. The minimum atomic E-state index is -4.16. The van der Waals surface area contributed by atoms with Gasteiger partial charge in [0.25, 0.3) is 5.91 Å². The number of β-amino-alcohol motifs (C(OH)–C–C–N with tert-alkyl or cyclic N) is 1. The van der Waals surface area contributed by atoms with Crippen LogP contribution >= 0.6 is 0 Å². The lowest BCUT2D eigenvalue weighted by atomic mass is 9.67. The number of halogens is 5. The van der Waals surface area contributed by atoms with Crippen LogP contribution in [0.15, 0.2) is 41.8 Å². The molecule has 10 heteroatoms. The summed E-state index contributed by atoms with van der Waals surface area (Å²) in [7, 11) is 0. The Morgan fingerprint density at radius 2 is 1.83 bits per heavy atom. The number of carbonyl (C=O) groups excluding carboxylic acids is 1. The highest BCUT2D eigenvalue weighted by Gasteiger charge is 2.58. The van der Waals surface area contributed by atoms with Crippen molar-refractivity contribution in [3.63, 3.8) is 0 Å². The molecule has 1 amide bonds. The van der Waals surface area contributed by atoms with Gasteiger partial charge in [-0.15, -0.1) is 0 Å². The summed E-state index contributed by atoms with van der Waals surface area (Å²) >= 11 is 0. The highest BCUT2D eigenvalue weighted by Crippen LogP contribution is 2.53. The van der Waals surface area contributed by atoms with Crippen LogP contribution in [0.1, 0.15) is 63.4 Å². The Hall–Kier alpha value is -2.46. The Bertz CT molecular complexity index is 1170. The summed E-state index contributed by atoms with van der Waals surface area (Å²) in [4.78, 5) is 16.3. The number of hydrogen-bond donors (Lipinski definition) is 1. The van der Waals surface area contributed by atoms with Crippen LogP contribution in [-0.2, 0) is 4.79 Å². The number of ether oxygens (including phenoxy) is 1. The molecule has 2 heterocycles. The minimum Gasteiger partial charge on any atom is -0.493 e. The number of likely N-dealkylation sites (tertiary alicyclic amines) is 2. The Morgan fingerprint density at radius 3 is 2.44 bits per heavy atom. The standard InChI is InChI=1S/C31H39F5N2O3/c1-20-24(7-8-26(28(20)33)29(40)38-13-2-4-22(39)17-38)25-6-5-23(16-27(25)32)41-18-21-9-14-37(15-10-21)19-30(11-3-12-30)31(34,35)36/h5-8,16,20-22,24,39H,2-4,9-15,17-19H2,1H3/t20?,22-,24?/m1/s1. The van der Waals surface area contributed by atoms with Crippen LogP contribution < -0.4 is 4.74 Å².